The first-order valence-electron chi connectivity index (χ1n) is 9.34. The van der Waals surface area contributed by atoms with E-state index in [4.69, 9.17) is 0 Å². The van der Waals surface area contributed by atoms with Gasteiger partial charge in [0.1, 0.15) is 17.3 Å². The predicted octanol–water partition coefficient (Wildman–Crippen LogP) is 3.26. The maximum Gasteiger partial charge on any atom is 0.198 e. The van der Waals surface area contributed by atoms with Gasteiger partial charge in [0.05, 0.1) is 0 Å². The van der Waals surface area contributed by atoms with Gasteiger partial charge in [-0.1, -0.05) is 6.92 Å². The van der Waals surface area contributed by atoms with Crippen molar-refractivity contribution in [3.05, 3.63) is 0 Å². The molecule has 3 atom stereocenters. The number of Topliss-reactive ketones (excluding diaryl/α,β-unsaturated/α-hetero) is 5. The van der Waals surface area contributed by atoms with Crippen molar-refractivity contribution in [2.75, 3.05) is 0 Å². The van der Waals surface area contributed by atoms with Crippen LogP contribution in [0.15, 0.2) is 0 Å². The van der Waals surface area contributed by atoms with E-state index in [0.29, 0.717) is 32.1 Å². The summed E-state index contributed by atoms with van der Waals surface area (Å²) in [7, 11) is 0. The van der Waals surface area contributed by atoms with E-state index in [1.54, 1.807) is 6.92 Å². The molecule has 0 radical (unpaired) electrons. The summed E-state index contributed by atoms with van der Waals surface area (Å²) >= 11 is 0. The van der Waals surface area contributed by atoms with Crippen molar-refractivity contribution in [3.63, 3.8) is 0 Å². The lowest BCUT2D eigenvalue weighted by Gasteiger charge is -2.35. The Bertz CT molecular complexity index is 534. The van der Waals surface area contributed by atoms with Gasteiger partial charge < -0.3 is 4.79 Å². The largest absolute Gasteiger partial charge is 0.300 e. The molecular formula is C20H30O5. The van der Waals surface area contributed by atoms with Gasteiger partial charge in [-0.25, -0.2) is 0 Å². The molecule has 1 fully saturated rings. The molecule has 0 amide bonds. The van der Waals surface area contributed by atoms with E-state index < -0.39 is 11.6 Å². The van der Waals surface area contributed by atoms with Gasteiger partial charge in [0.25, 0.3) is 0 Å². The van der Waals surface area contributed by atoms with Crippen LogP contribution < -0.4 is 0 Å². The van der Waals surface area contributed by atoms with Gasteiger partial charge in [-0.2, -0.15) is 0 Å². The first kappa shape index (κ1) is 21.4. The van der Waals surface area contributed by atoms with Gasteiger partial charge >= 0.3 is 0 Å². The highest BCUT2D eigenvalue weighted by Gasteiger charge is 2.36. The third-order valence-electron chi connectivity index (χ3n) is 5.29. The molecule has 0 heterocycles. The van der Waals surface area contributed by atoms with Crippen LogP contribution in [0.5, 0.6) is 0 Å². The summed E-state index contributed by atoms with van der Waals surface area (Å²) in [5.74, 6) is -0.613. The van der Waals surface area contributed by atoms with Crippen LogP contribution in [0.3, 0.4) is 0 Å². The maximum atomic E-state index is 12.4. The number of hydrogen-bond donors (Lipinski definition) is 0. The van der Waals surface area contributed by atoms with Gasteiger partial charge in [-0.15, -0.1) is 0 Å². The minimum atomic E-state index is -0.507. The lowest BCUT2D eigenvalue weighted by molar-refractivity contribution is -0.136. The third kappa shape index (κ3) is 7.00. The minimum Gasteiger partial charge on any atom is -0.300 e. The summed E-state index contributed by atoms with van der Waals surface area (Å²) < 4.78 is 0. The quantitative estimate of drug-likeness (QED) is 0.534. The van der Waals surface area contributed by atoms with Crippen molar-refractivity contribution in [1.82, 2.24) is 0 Å². The van der Waals surface area contributed by atoms with E-state index in [2.05, 4.69) is 0 Å². The molecule has 3 unspecified atom stereocenters. The zero-order valence-electron chi connectivity index (χ0n) is 15.6. The molecule has 0 aliphatic heterocycles. The average molecular weight is 350 g/mol. The summed E-state index contributed by atoms with van der Waals surface area (Å²) in [5, 5.41) is 0. The van der Waals surface area contributed by atoms with E-state index >= 15 is 0 Å². The van der Waals surface area contributed by atoms with Crippen molar-refractivity contribution in [2.24, 2.45) is 17.8 Å². The molecule has 0 aromatic carbocycles. The second-order valence-corrected chi connectivity index (χ2v) is 7.24. The van der Waals surface area contributed by atoms with E-state index in [1.807, 2.05) is 6.92 Å². The Labute approximate surface area is 149 Å². The van der Waals surface area contributed by atoms with Gasteiger partial charge in [0, 0.05) is 44.4 Å². The molecule has 1 aliphatic carbocycles. The van der Waals surface area contributed by atoms with Gasteiger partial charge in [0.15, 0.2) is 11.6 Å². The molecule has 25 heavy (non-hydrogen) atoms. The second kappa shape index (κ2) is 10.4. The lowest BCUT2D eigenvalue weighted by atomic mass is 9.68. The SMILES string of the molecule is CCC(=O)C1CCC(C(=O)CCC(=O)C(C)=O)CC1CCCC(C)=O. The molecule has 5 heteroatoms. The molecule has 0 aromatic heterocycles. The van der Waals surface area contributed by atoms with Crippen molar-refractivity contribution < 1.29 is 24.0 Å². The molecule has 0 saturated heterocycles. The van der Waals surface area contributed by atoms with Crippen LogP contribution in [0.2, 0.25) is 0 Å². The van der Waals surface area contributed by atoms with Crippen LogP contribution in [0, 0.1) is 17.8 Å². The van der Waals surface area contributed by atoms with Crippen LogP contribution >= 0.6 is 0 Å². The lowest BCUT2D eigenvalue weighted by Crippen LogP contribution is -2.33. The number of ketones is 5. The monoisotopic (exact) mass is 350 g/mol. The number of carbonyl (C=O) groups is 5. The summed E-state index contributed by atoms with van der Waals surface area (Å²) in [6.07, 6.45) is 4.66. The standard InChI is InChI=1S/C20H30O5/c1-4-18(23)17-9-8-16(12-15(17)7-5-6-13(2)21)20(25)11-10-19(24)14(3)22/h15-17H,4-12H2,1-3H3. The average Bonchev–Trinajstić information content (AvgIpc) is 2.58. The van der Waals surface area contributed by atoms with Crippen molar-refractivity contribution in [3.8, 4) is 0 Å². The molecule has 0 aromatic rings. The van der Waals surface area contributed by atoms with E-state index in [0.717, 1.165) is 12.8 Å². The predicted molar refractivity (Wildman–Crippen MR) is 94.1 cm³/mol. The van der Waals surface area contributed by atoms with E-state index in [1.165, 1.54) is 6.92 Å². The smallest absolute Gasteiger partial charge is 0.198 e. The summed E-state index contributed by atoms with van der Waals surface area (Å²) in [5.41, 5.74) is 0. The fourth-order valence-corrected chi connectivity index (χ4v) is 3.79. The summed E-state index contributed by atoms with van der Waals surface area (Å²) in [4.78, 5) is 58.1. The number of carbonyl (C=O) groups excluding carboxylic acids is 5. The van der Waals surface area contributed by atoms with Crippen molar-refractivity contribution >= 4 is 28.9 Å². The van der Waals surface area contributed by atoms with Crippen molar-refractivity contribution in [2.45, 2.75) is 78.6 Å². The fourth-order valence-electron chi connectivity index (χ4n) is 3.79. The minimum absolute atomic E-state index is 0.0140. The topological polar surface area (TPSA) is 85.3 Å². The van der Waals surface area contributed by atoms with Gasteiger partial charge in [-0.3, -0.25) is 19.2 Å². The first-order valence-corrected chi connectivity index (χ1v) is 9.34. The molecule has 140 valence electrons. The second-order valence-electron chi connectivity index (χ2n) is 7.24. The highest BCUT2D eigenvalue weighted by molar-refractivity contribution is 6.36. The molecule has 0 N–H and O–H groups in total. The molecular weight excluding hydrogens is 320 g/mol. The van der Waals surface area contributed by atoms with E-state index in [9.17, 15) is 24.0 Å². The Hall–Kier alpha value is -1.65. The highest BCUT2D eigenvalue weighted by atomic mass is 16.2. The normalized spacial score (nSPS) is 23.1. The van der Waals surface area contributed by atoms with Gasteiger partial charge in [0.2, 0.25) is 0 Å². The molecule has 1 rings (SSSR count). The summed E-state index contributed by atoms with van der Waals surface area (Å²) in [6, 6.07) is 0. The Morgan fingerprint density at radius 1 is 0.880 bits per heavy atom. The Morgan fingerprint density at radius 2 is 1.56 bits per heavy atom. The molecule has 0 spiro atoms. The van der Waals surface area contributed by atoms with Crippen LogP contribution in [0.1, 0.15) is 78.6 Å². The Kier molecular flexibility index (Phi) is 8.87. The maximum absolute atomic E-state index is 12.4. The van der Waals surface area contributed by atoms with E-state index in [-0.39, 0.29) is 47.9 Å². The zero-order chi connectivity index (χ0) is 19.0. The van der Waals surface area contributed by atoms with Gasteiger partial charge in [-0.05, 0) is 44.9 Å². The molecule has 5 nitrogen and oxygen atoms in total. The number of rotatable bonds is 11. The van der Waals surface area contributed by atoms with Crippen LogP contribution in [0.25, 0.3) is 0 Å². The summed E-state index contributed by atoms with van der Waals surface area (Å²) in [6.45, 7) is 4.65. The first-order chi connectivity index (χ1) is 11.8. The highest BCUT2D eigenvalue weighted by Crippen LogP contribution is 2.39. The third-order valence-corrected chi connectivity index (χ3v) is 5.29. The van der Waals surface area contributed by atoms with Crippen LogP contribution in [0.4, 0.5) is 0 Å². The molecule has 0 bridgehead atoms. The Morgan fingerprint density at radius 3 is 2.12 bits per heavy atom. The fraction of sp³-hybridized carbons (Fsp3) is 0.750. The molecule has 1 saturated carbocycles. The van der Waals surface area contributed by atoms with Crippen molar-refractivity contribution in [1.29, 1.82) is 0 Å². The Balaban J connectivity index is 2.64. The number of hydrogen-bond acceptors (Lipinski definition) is 5. The molecule has 1 aliphatic rings. The van der Waals surface area contributed by atoms with Crippen LogP contribution in [-0.2, 0) is 24.0 Å². The zero-order valence-corrected chi connectivity index (χ0v) is 15.6. The van der Waals surface area contributed by atoms with Crippen LogP contribution in [-0.4, -0.2) is 28.9 Å².